The number of aliphatic hydroxyl groups is 3. The number of carbonyl (C=O) groups excluding carboxylic acids is 2. The molecule has 276 valence electrons. The third-order valence-electron chi connectivity index (χ3n) is 8.16. The molecule has 9 N–H and O–H groups in total. The first-order chi connectivity index (χ1) is 24.8. The molecule has 0 aliphatic carbocycles. The Labute approximate surface area is 295 Å². The summed E-state index contributed by atoms with van der Waals surface area (Å²) in [5.41, 5.74) is 0.625. The van der Waals surface area contributed by atoms with Crippen molar-refractivity contribution in [2.75, 3.05) is 6.61 Å². The maximum Gasteiger partial charge on any atom is 0.188 e. The van der Waals surface area contributed by atoms with E-state index in [1.807, 2.05) is 0 Å². The first-order valence-electron chi connectivity index (χ1n) is 15.9. The molecule has 0 aromatic heterocycles. The van der Waals surface area contributed by atoms with Crippen molar-refractivity contribution in [3.05, 3.63) is 95.1 Å². The van der Waals surface area contributed by atoms with Crippen LogP contribution in [0, 0.1) is 0 Å². The van der Waals surface area contributed by atoms with Gasteiger partial charge in [0.25, 0.3) is 0 Å². The molecule has 16 nitrogen and oxygen atoms in total. The second kappa shape index (κ2) is 16.6. The fourth-order valence-corrected chi connectivity index (χ4v) is 5.45. The van der Waals surface area contributed by atoms with Gasteiger partial charge in [-0.2, -0.15) is 9.78 Å². The number of Topliss-reactive ketones (excluding diaryl/α,β-unsaturated/α-hetero) is 2. The predicted octanol–water partition coefficient (Wildman–Crippen LogP) is 2.68. The Morgan fingerprint density at radius 1 is 0.596 bits per heavy atom. The van der Waals surface area contributed by atoms with E-state index in [1.54, 1.807) is 24.3 Å². The summed E-state index contributed by atoms with van der Waals surface area (Å²) in [6, 6.07) is 15.9. The second-order valence-corrected chi connectivity index (χ2v) is 11.9. The van der Waals surface area contributed by atoms with Crippen molar-refractivity contribution >= 4 is 11.6 Å². The van der Waals surface area contributed by atoms with Crippen molar-refractivity contribution in [2.45, 2.75) is 56.4 Å². The molecular formula is C36H36O16. The number of aryl methyl sites for hydroxylation is 2. The Morgan fingerprint density at radius 2 is 1.02 bits per heavy atom. The first-order valence-corrected chi connectivity index (χ1v) is 15.9. The zero-order valence-electron chi connectivity index (χ0n) is 27.2. The maximum absolute atomic E-state index is 13.2. The van der Waals surface area contributed by atoms with Crippen LogP contribution in [0.4, 0.5) is 0 Å². The molecule has 16 heteroatoms. The van der Waals surface area contributed by atoms with E-state index >= 15 is 0 Å². The Balaban J connectivity index is 1.29. The molecule has 0 spiro atoms. The van der Waals surface area contributed by atoms with E-state index in [0.717, 1.165) is 24.3 Å². The van der Waals surface area contributed by atoms with Crippen molar-refractivity contribution in [1.82, 2.24) is 0 Å². The molecule has 1 heterocycles. The van der Waals surface area contributed by atoms with Crippen LogP contribution in [0.15, 0.2) is 72.8 Å². The normalized spacial score (nSPS) is 19.9. The van der Waals surface area contributed by atoms with Crippen LogP contribution >= 0.6 is 0 Å². The molecule has 1 saturated heterocycles. The lowest BCUT2D eigenvalue weighted by Crippen LogP contribution is -2.60. The minimum atomic E-state index is -1.98. The summed E-state index contributed by atoms with van der Waals surface area (Å²) in [4.78, 5) is 47.4. The highest BCUT2D eigenvalue weighted by atomic mass is 17.2. The number of phenols is 6. The lowest BCUT2D eigenvalue weighted by atomic mass is 9.99. The van der Waals surface area contributed by atoms with Gasteiger partial charge in [0.2, 0.25) is 0 Å². The monoisotopic (exact) mass is 724 g/mol. The van der Waals surface area contributed by atoms with Crippen molar-refractivity contribution in [1.29, 1.82) is 0 Å². The molecule has 0 unspecified atom stereocenters. The lowest BCUT2D eigenvalue weighted by molar-refractivity contribution is -0.396. The van der Waals surface area contributed by atoms with E-state index in [4.69, 9.17) is 24.3 Å². The quantitative estimate of drug-likeness (QED) is 0.0485. The topological polar surface area (TPSA) is 262 Å². The van der Waals surface area contributed by atoms with E-state index in [2.05, 4.69) is 0 Å². The van der Waals surface area contributed by atoms with Crippen LogP contribution in [0.5, 0.6) is 46.0 Å². The van der Waals surface area contributed by atoms with E-state index in [0.29, 0.717) is 11.1 Å². The molecule has 0 saturated carbocycles. The zero-order chi connectivity index (χ0) is 37.5. The number of phenolic OH excluding ortho intramolecular Hbond substituents is 6. The fourth-order valence-electron chi connectivity index (χ4n) is 5.45. The van der Waals surface area contributed by atoms with Gasteiger partial charge in [-0.05, 0) is 48.2 Å². The molecular weight excluding hydrogens is 688 g/mol. The van der Waals surface area contributed by atoms with Gasteiger partial charge < -0.3 is 60.5 Å². The minimum Gasteiger partial charge on any atom is -0.508 e. The van der Waals surface area contributed by atoms with E-state index in [-0.39, 0.29) is 42.7 Å². The average molecular weight is 725 g/mol. The fraction of sp³-hybridized carbons (Fsp3) is 0.278. The standard InChI is InChI=1S/C36H36O16/c37-17-30-34(51-49-28-15-22(40)13-26(44)31(28)24(42)11-5-18-1-7-20(38)8-2-18)33(46)35(36(47)48-30)52-50-29-16-23(41)14-27(45)32(29)25(43)12-6-19-3-9-21(39)10-4-19/h1-4,7-10,13-16,30,33-41,44-47H,5-6,11-12,17H2/t30-,33+,34-,35-,36-/m1/s1. The van der Waals surface area contributed by atoms with Gasteiger partial charge in [0, 0.05) is 37.1 Å². The molecule has 5 atom stereocenters. The Kier molecular flexibility index (Phi) is 12.0. The van der Waals surface area contributed by atoms with Crippen LogP contribution < -0.4 is 9.78 Å². The molecule has 5 rings (SSSR count). The number of benzene rings is 4. The van der Waals surface area contributed by atoms with Crippen LogP contribution in [-0.4, -0.2) is 94.8 Å². The summed E-state index contributed by atoms with van der Waals surface area (Å²) in [6.07, 6.45) is -8.77. The van der Waals surface area contributed by atoms with Gasteiger partial charge in [-0.25, -0.2) is 0 Å². The smallest absolute Gasteiger partial charge is 0.188 e. The average Bonchev–Trinajstić information content (AvgIpc) is 3.09. The maximum atomic E-state index is 13.2. The number of rotatable bonds is 15. The van der Waals surface area contributed by atoms with E-state index in [9.17, 15) is 55.5 Å². The Bertz CT molecular complexity index is 1860. The van der Waals surface area contributed by atoms with Gasteiger partial charge in [0.05, 0.1) is 6.61 Å². The van der Waals surface area contributed by atoms with Crippen LogP contribution in [0.1, 0.15) is 44.7 Å². The SMILES string of the molecule is O=C(CCc1ccc(O)cc1)c1c(O)cc(O)cc1OO[C@@H]1[C@@H](O)[C@H](OOc2cc(O)cc(O)c2C(=O)CCc2ccc(O)cc2)[C@@H](CO)O[C@H]1O. The predicted molar refractivity (Wildman–Crippen MR) is 176 cm³/mol. The number of ketones is 2. The second-order valence-electron chi connectivity index (χ2n) is 11.9. The molecule has 0 radical (unpaired) electrons. The number of ether oxygens (including phenoxy) is 1. The summed E-state index contributed by atoms with van der Waals surface area (Å²) in [5.74, 6) is -4.50. The largest absolute Gasteiger partial charge is 0.508 e. The summed E-state index contributed by atoms with van der Waals surface area (Å²) >= 11 is 0. The highest BCUT2D eigenvalue weighted by Gasteiger charge is 2.48. The molecule has 1 aliphatic heterocycles. The van der Waals surface area contributed by atoms with Gasteiger partial charge >= 0.3 is 0 Å². The third kappa shape index (κ3) is 8.99. The van der Waals surface area contributed by atoms with Gasteiger partial charge in [0.1, 0.15) is 57.8 Å². The third-order valence-corrected chi connectivity index (χ3v) is 8.16. The van der Waals surface area contributed by atoms with Crippen molar-refractivity contribution in [2.24, 2.45) is 0 Å². The molecule has 0 amide bonds. The van der Waals surface area contributed by atoms with Gasteiger partial charge in [-0.3, -0.25) is 9.59 Å². The van der Waals surface area contributed by atoms with Gasteiger partial charge in [-0.15, -0.1) is 0 Å². The number of aromatic hydroxyl groups is 6. The molecule has 1 fully saturated rings. The summed E-state index contributed by atoms with van der Waals surface area (Å²) in [6.45, 7) is -0.834. The van der Waals surface area contributed by atoms with Crippen molar-refractivity contribution in [3.8, 4) is 46.0 Å². The van der Waals surface area contributed by atoms with Crippen LogP contribution in [0.3, 0.4) is 0 Å². The van der Waals surface area contributed by atoms with E-state index < -0.39 is 88.9 Å². The Hall–Kier alpha value is -5.62. The number of carbonyl (C=O) groups is 2. The molecule has 4 aromatic rings. The molecule has 0 bridgehead atoms. The lowest BCUT2D eigenvalue weighted by Gasteiger charge is -2.39. The van der Waals surface area contributed by atoms with Crippen molar-refractivity contribution in [3.63, 3.8) is 0 Å². The van der Waals surface area contributed by atoms with Crippen LogP contribution in [0.25, 0.3) is 0 Å². The van der Waals surface area contributed by atoms with E-state index in [1.165, 1.54) is 24.3 Å². The number of hydrogen-bond acceptors (Lipinski definition) is 16. The van der Waals surface area contributed by atoms with Crippen LogP contribution in [0.2, 0.25) is 0 Å². The molecule has 4 aromatic carbocycles. The van der Waals surface area contributed by atoms with Gasteiger partial charge in [0.15, 0.2) is 41.6 Å². The highest BCUT2D eigenvalue weighted by molar-refractivity contribution is 6.02. The Morgan fingerprint density at radius 3 is 1.44 bits per heavy atom. The molecule has 52 heavy (non-hydrogen) atoms. The minimum absolute atomic E-state index is 0.0383. The summed E-state index contributed by atoms with van der Waals surface area (Å²) in [5, 5.41) is 91.8. The van der Waals surface area contributed by atoms with Crippen LogP contribution in [-0.2, 0) is 27.4 Å². The summed E-state index contributed by atoms with van der Waals surface area (Å²) in [7, 11) is 0. The zero-order valence-corrected chi connectivity index (χ0v) is 27.2. The number of aliphatic hydroxyl groups excluding tert-OH is 3. The van der Waals surface area contributed by atoms with Gasteiger partial charge in [-0.1, -0.05) is 24.3 Å². The first kappa shape index (κ1) is 37.6. The number of hydrogen-bond donors (Lipinski definition) is 9. The highest BCUT2D eigenvalue weighted by Crippen LogP contribution is 2.37. The summed E-state index contributed by atoms with van der Waals surface area (Å²) < 4.78 is 5.32. The van der Waals surface area contributed by atoms with Crippen molar-refractivity contribution < 1.29 is 79.8 Å². The molecule has 1 aliphatic rings.